The summed E-state index contributed by atoms with van der Waals surface area (Å²) in [4.78, 5) is 0. The first-order valence-corrected chi connectivity index (χ1v) is 3.73. The van der Waals surface area contributed by atoms with Crippen molar-refractivity contribution in [2.45, 2.75) is 6.92 Å². The van der Waals surface area contributed by atoms with Crippen LogP contribution in [0.3, 0.4) is 0 Å². The molecule has 0 aromatic carbocycles. The van der Waals surface area contributed by atoms with Crippen molar-refractivity contribution in [2.24, 2.45) is 0 Å². The highest BCUT2D eigenvalue weighted by molar-refractivity contribution is 9.11. The Balaban J connectivity index is 4.24. The molecule has 0 saturated heterocycles. The van der Waals surface area contributed by atoms with Gasteiger partial charge in [0.05, 0.1) is 7.11 Å². The van der Waals surface area contributed by atoms with Gasteiger partial charge in [-0.2, -0.15) is 0 Å². The third kappa shape index (κ3) is 3.51. The van der Waals surface area contributed by atoms with Crippen molar-refractivity contribution in [3.63, 3.8) is 0 Å². The van der Waals surface area contributed by atoms with E-state index in [1.165, 1.54) is 0 Å². The second-order valence-electron chi connectivity index (χ2n) is 1.63. The molecule has 0 atom stereocenters. The summed E-state index contributed by atoms with van der Waals surface area (Å²) in [6.45, 7) is 5.52. The predicted octanol–water partition coefficient (Wildman–Crippen LogP) is 3.00. The number of rotatable bonds is 3. The molecule has 2 heteroatoms. The highest BCUT2D eigenvalue weighted by atomic mass is 79.9. The summed E-state index contributed by atoms with van der Waals surface area (Å²) in [5.41, 5.74) is 0. The fourth-order valence-electron chi connectivity index (χ4n) is 0.420. The Bertz CT molecular complexity index is 168. The van der Waals surface area contributed by atoms with Crippen LogP contribution in [0.15, 0.2) is 35.0 Å². The zero-order valence-electron chi connectivity index (χ0n) is 6.23. The molecule has 0 unspecified atom stereocenters. The van der Waals surface area contributed by atoms with Crippen molar-refractivity contribution < 1.29 is 4.74 Å². The average Bonchev–Trinajstić information content (AvgIpc) is 1.99. The quantitative estimate of drug-likeness (QED) is 0.506. The Morgan fingerprint density at radius 1 is 1.60 bits per heavy atom. The molecule has 0 aromatic heterocycles. The molecule has 0 aliphatic carbocycles. The Kier molecular flexibility index (Phi) is 5.03. The molecule has 0 heterocycles. The van der Waals surface area contributed by atoms with E-state index in [0.717, 1.165) is 10.2 Å². The van der Waals surface area contributed by atoms with Crippen LogP contribution in [-0.4, -0.2) is 7.11 Å². The van der Waals surface area contributed by atoms with E-state index >= 15 is 0 Å². The summed E-state index contributed by atoms with van der Waals surface area (Å²) in [5.74, 6) is 0.755. The lowest BCUT2D eigenvalue weighted by atomic mass is 10.4. The van der Waals surface area contributed by atoms with Gasteiger partial charge in [-0.3, -0.25) is 0 Å². The minimum Gasteiger partial charge on any atom is -0.497 e. The summed E-state index contributed by atoms with van der Waals surface area (Å²) >= 11 is 3.32. The number of ether oxygens (including phenoxy) is 1. The van der Waals surface area contributed by atoms with Gasteiger partial charge in [-0.25, -0.2) is 0 Å². The normalized spacial score (nSPS) is 13.1. The van der Waals surface area contributed by atoms with Crippen molar-refractivity contribution in [3.8, 4) is 0 Å². The van der Waals surface area contributed by atoms with Crippen LogP contribution in [0.25, 0.3) is 0 Å². The minimum atomic E-state index is 0.755. The summed E-state index contributed by atoms with van der Waals surface area (Å²) < 4.78 is 5.93. The van der Waals surface area contributed by atoms with Crippen LogP contribution in [0.2, 0.25) is 0 Å². The van der Waals surface area contributed by atoms with E-state index in [1.54, 1.807) is 13.2 Å². The van der Waals surface area contributed by atoms with Crippen LogP contribution in [0.5, 0.6) is 0 Å². The van der Waals surface area contributed by atoms with E-state index < -0.39 is 0 Å². The lowest BCUT2D eigenvalue weighted by Crippen LogP contribution is -1.79. The van der Waals surface area contributed by atoms with Crippen molar-refractivity contribution in [1.29, 1.82) is 0 Å². The van der Waals surface area contributed by atoms with Gasteiger partial charge in [0.15, 0.2) is 0 Å². The van der Waals surface area contributed by atoms with Gasteiger partial charge in [-0.15, -0.1) is 0 Å². The highest BCUT2D eigenvalue weighted by Crippen LogP contribution is 2.10. The molecule has 10 heavy (non-hydrogen) atoms. The molecule has 0 spiro atoms. The molecule has 0 radical (unpaired) electrons. The van der Waals surface area contributed by atoms with Crippen LogP contribution < -0.4 is 0 Å². The number of hydrogen-bond donors (Lipinski definition) is 0. The Morgan fingerprint density at radius 3 is 2.50 bits per heavy atom. The molecule has 0 amide bonds. The van der Waals surface area contributed by atoms with E-state index in [1.807, 2.05) is 19.1 Å². The Labute approximate surface area is 70.2 Å². The van der Waals surface area contributed by atoms with Gasteiger partial charge >= 0.3 is 0 Å². The molecule has 0 saturated carbocycles. The Hall–Kier alpha value is -0.500. The van der Waals surface area contributed by atoms with Crippen molar-refractivity contribution in [2.75, 3.05) is 7.11 Å². The average molecular weight is 203 g/mol. The summed E-state index contributed by atoms with van der Waals surface area (Å²) in [5, 5.41) is 0. The SMILES string of the molecule is C=C/C(=C\C(Br)=C/C)OC. The summed E-state index contributed by atoms with van der Waals surface area (Å²) in [6, 6.07) is 0. The first-order chi connectivity index (χ1) is 4.74. The molecule has 0 fully saturated rings. The monoisotopic (exact) mass is 202 g/mol. The van der Waals surface area contributed by atoms with Gasteiger partial charge in [-0.1, -0.05) is 28.6 Å². The van der Waals surface area contributed by atoms with Crippen molar-refractivity contribution in [3.05, 3.63) is 35.0 Å². The summed E-state index contributed by atoms with van der Waals surface area (Å²) in [6.07, 6.45) is 5.44. The van der Waals surface area contributed by atoms with Gasteiger partial charge in [0.2, 0.25) is 0 Å². The summed E-state index contributed by atoms with van der Waals surface area (Å²) in [7, 11) is 1.61. The maximum Gasteiger partial charge on any atom is 0.119 e. The third-order valence-corrected chi connectivity index (χ3v) is 1.68. The zero-order chi connectivity index (χ0) is 7.98. The fourth-order valence-corrected chi connectivity index (χ4v) is 0.646. The Morgan fingerprint density at radius 2 is 2.20 bits per heavy atom. The highest BCUT2D eigenvalue weighted by Gasteiger charge is 1.87. The molecule has 1 nitrogen and oxygen atoms in total. The van der Waals surface area contributed by atoms with Gasteiger partial charge in [0.1, 0.15) is 5.76 Å². The predicted molar refractivity (Wildman–Crippen MR) is 48.0 cm³/mol. The largest absolute Gasteiger partial charge is 0.497 e. The van der Waals surface area contributed by atoms with Crippen LogP contribution in [0.4, 0.5) is 0 Å². The van der Waals surface area contributed by atoms with Crippen LogP contribution in [0.1, 0.15) is 6.92 Å². The van der Waals surface area contributed by atoms with Crippen LogP contribution >= 0.6 is 15.9 Å². The molecule has 56 valence electrons. The van der Waals surface area contributed by atoms with E-state index in [0.29, 0.717) is 0 Å². The third-order valence-electron chi connectivity index (χ3n) is 0.993. The van der Waals surface area contributed by atoms with Crippen LogP contribution in [-0.2, 0) is 4.74 Å². The molecule has 0 rings (SSSR count). The van der Waals surface area contributed by atoms with Gasteiger partial charge in [0.25, 0.3) is 0 Å². The van der Waals surface area contributed by atoms with E-state index in [9.17, 15) is 0 Å². The lowest BCUT2D eigenvalue weighted by molar-refractivity contribution is 0.307. The van der Waals surface area contributed by atoms with Crippen molar-refractivity contribution in [1.82, 2.24) is 0 Å². The molecular weight excluding hydrogens is 192 g/mol. The van der Waals surface area contributed by atoms with Crippen LogP contribution in [0, 0.1) is 0 Å². The van der Waals surface area contributed by atoms with Gasteiger partial charge in [0, 0.05) is 4.48 Å². The second kappa shape index (κ2) is 5.30. The molecule has 0 bridgehead atoms. The lowest BCUT2D eigenvalue weighted by Gasteiger charge is -1.97. The first-order valence-electron chi connectivity index (χ1n) is 2.94. The molecule has 0 aliphatic rings. The number of allylic oxidation sites excluding steroid dienone is 4. The van der Waals surface area contributed by atoms with Crippen molar-refractivity contribution >= 4 is 15.9 Å². The molecular formula is C8H11BrO. The molecule has 0 N–H and O–H groups in total. The maximum atomic E-state index is 4.94. The second-order valence-corrected chi connectivity index (χ2v) is 2.54. The van der Waals surface area contributed by atoms with E-state index in [4.69, 9.17) is 4.74 Å². The van der Waals surface area contributed by atoms with Gasteiger partial charge < -0.3 is 4.74 Å². The fraction of sp³-hybridized carbons (Fsp3) is 0.250. The maximum absolute atomic E-state index is 4.94. The zero-order valence-corrected chi connectivity index (χ0v) is 7.81. The molecule has 0 aliphatic heterocycles. The van der Waals surface area contributed by atoms with Gasteiger partial charge in [-0.05, 0) is 19.1 Å². The van der Waals surface area contributed by atoms with E-state index in [-0.39, 0.29) is 0 Å². The van der Waals surface area contributed by atoms with E-state index in [2.05, 4.69) is 22.5 Å². The number of hydrogen-bond acceptors (Lipinski definition) is 1. The number of halogens is 1. The number of methoxy groups -OCH3 is 1. The minimum absolute atomic E-state index is 0.755. The molecule has 0 aromatic rings. The standard InChI is InChI=1S/C8H11BrO/c1-4-7(9)6-8(5-2)10-3/h4-6H,2H2,1,3H3/b7-4+,8-6+. The smallest absolute Gasteiger partial charge is 0.119 e. The topological polar surface area (TPSA) is 9.23 Å². The first kappa shape index (κ1) is 9.50.